The largest absolute Gasteiger partial charge is 0.460 e. The van der Waals surface area contributed by atoms with E-state index < -0.39 is 5.60 Å². The van der Waals surface area contributed by atoms with Crippen LogP contribution in [0.25, 0.3) is 0 Å². The van der Waals surface area contributed by atoms with E-state index in [0.29, 0.717) is 38.8 Å². The van der Waals surface area contributed by atoms with Gasteiger partial charge in [0.15, 0.2) is 0 Å². The summed E-state index contributed by atoms with van der Waals surface area (Å²) in [5.41, 5.74) is 0.339. The summed E-state index contributed by atoms with van der Waals surface area (Å²) in [6.07, 6.45) is 3.74. The number of nitrogens with one attached hydrogen (secondary N) is 2. The molecule has 4 heterocycles. The number of nitrogens with zero attached hydrogens (tertiary/aromatic N) is 2. The highest BCUT2D eigenvalue weighted by Crippen LogP contribution is 2.30. The molecule has 186 valence electrons. The van der Waals surface area contributed by atoms with Gasteiger partial charge in [0.2, 0.25) is 17.7 Å². The van der Waals surface area contributed by atoms with Gasteiger partial charge in [-0.15, -0.1) is 0 Å². The van der Waals surface area contributed by atoms with Crippen molar-refractivity contribution in [3.63, 3.8) is 0 Å². The van der Waals surface area contributed by atoms with E-state index in [9.17, 15) is 19.2 Å². The number of piperidine rings is 3. The highest BCUT2D eigenvalue weighted by Gasteiger charge is 2.35. The van der Waals surface area contributed by atoms with Crippen LogP contribution >= 0.6 is 0 Å². The molecule has 0 saturated carbocycles. The lowest BCUT2D eigenvalue weighted by Gasteiger charge is -2.37. The molecule has 1 atom stereocenters. The minimum absolute atomic E-state index is 0.00102. The number of esters is 1. The average molecular weight is 473 g/mol. The van der Waals surface area contributed by atoms with Crippen LogP contribution in [0.3, 0.4) is 0 Å². The molecular weight excluding hydrogens is 436 g/mol. The van der Waals surface area contributed by atoms with Gasteiger partial charge in [-0.05, 0) is 65.0 Å². The van der Waals surface area contributed by atoms with Gasteiger partial charge in [0.05, 0.1) is 11.8 Å². The van der Waals surface area contributed by atoms with Gasteiger partial charge >= 0.3 is 5.97 Å². The predicted octanol–water partition coefficient (Wildman–Crippen LogP) is 2.33. The molecule has 1 aromatic heterocycles. The second kappa shape index (κ2) is 9.80. The lowest BCUT2D eigenvalue weighted by molar-refractivity contribution is -0.162. The van der Waals surface area contributed by atoms with Gasteiger partial charge in [-0.3, -0.25) is 24.5 Å². The number of hydrogen-bond donors (Lipinski definition) is 2. The zero-order valence-electron chi connectivity index (χ0n) is 20.4. The van der Waals surface area contributed by atoms with E-state index in [-0.39, 0.29) is 41.4 Å². The number of amides is 3. The zero-order chi connectivity index (χ0) is 24.5. The average Bonchev–Trinajstić information content (AvgIpc) is 3.27. The summed E-state index contributed by atoms with van der Waals surface area (Å²) >= 11 is 0. The number of likely N-dealkylation sites (tertiary alicyclic amines) is 1. The Kier molecular flexibility index (Phi) is 7.00. The molecule has 0 spiro atoms. The lowest BCUT2D eigenvalue weighted by atomic mass is 9.92. The van der Waals surface area contributed by atoms with Crippen molar-refractivity contribution in [1.82, 2.24) is 15.2 Å². The number of aromatic amines is 1. The number of aromatic nitrogens is 1. The highest BCUT2D eigenvalue weighted by atomic mass is 16.6. The Hall–Kier alpha value is -2.84. The van der Waals surface area contributed by atoms with Crippen molar-refractivity contribution < 1.29 is 23.9 Å². The van der Waals surface area contributed by atoms with Crippen LogP contribution in [-0.4, -0.2) is 65.4 Å². The molecule has 9 nitrogen and oxygen atoms in total. The molecule has 4 rings (SSSR count). The molecule has 1 aromatic rings. The minimum Gasteiger partial charge on any atom is -0.460 e. The van der Waals surface area contributed by atoms with Gasteiger partial charge < -0.3 is 19.5 Å². The molecule has 0 radical (unpaired) electrons. The smallest absolute Gasteiger partial charge is 0.309 e. The van der Waals surface area contributed by atoms with Crippen molar-refractivity contribution in [2.24, 2.45) is 11.8 Å². The minimum atomic E-state index is -0.486. The lowest BCUT2D eigenvalue weighted by Crippen LogP contribution is -2.46. The van der Waals surface area contributed by atoms with Crippen LogP contribution in [0.15, 0.2) is 12.1 Å². The third kappa shape index (κ3) is 5.62. The van der Waals surface area contributed by atoms with Crippen molar-refractivity contribution in [2.75, 3.05) is 31.1 Å². The maximum absolute atomic E-state index is 13.1. The zero-order valence-corrected chi connectivity index (χ0v) is 20.4. The van der Waals surface area contributed by atoms with Crippen molar-refractivity contribution in [3.05, 3.63) is 17.8 Å². The van der Waals surface area contributed by atoms with Crippen molar-refractivity contribution in [2.45, 2.75) is 70.8 Å². The number of ether oxygens (including phenoxy) is 1. The molecule has 3 amide bonds. The Morgan fingerprint density at radius 1 is 0.941 bits per heavy atom. The standard InChI is InChI=1S/C25H36N4O5/c1-25(2,3)34-24(33)17-10-14-29(15-11-17)23(32)16-8-12-28(13-9-16)20-6-5-19(26-20)18-4-7-21(30)27-22(18)31/h5-6,16-18,26H,4,7-15H2,1-3H3,(H,27,30,31). The number of anilines is 1. The van der Waals surface area contributed by atoms with Crippen LogP contribution < -0.4 is 10.2 Å². The first kappa shape index (κ1) is 24.3. The second-order valence-corrected chi connectivity index (χ2v) is 10.7. The highest BCUT2D eigenvalue weighted by molar-refractivity contribution is 6.00. The first-order chi connectivity index (χ1) is 16.1. The molecule has 3 aliphatic heterocycles. The molecule has 3 saturated heterocycles. The number of H-pyrrole nitrogens is 1. The third-order valence-electron chi connectivity index (χ3n) is 7.04. The second-order valence-electron chi connectivity index (χ2n) is 10.7. The van der Waals surface area contributed by atoms with E-state index in [1.165, 1.54) is 0 Å². The molecule has 0 bridgehead atoms. The van der Waals surface area contributed by atoms with E-state index in [0.717, 1.165) is 37.4 Å². The number of hydrogen-bond acceptors (Lipinski definition) is 6. The van der Waals surface area contributed by atoms with Gasteiger partial charge in [0.1, 0.15) is 11.4 Å². The van der Waals surface area contributed by atoms with E-state index in [1.807, 2.05) is 37.8 Å². The van der Waals surface area contributed by atoms with Gasteiger partial charge in [0, 0.05) is 44.2 Å². The Morgan fingerprint density at radius 3 is 2.21 bits per heavy atom. The summed E-state index contributed by atoms with van der Waals surface area (Å²) < 4.78 is 5.51. The molecule has 0 aliphatic carbocycles. The van der Waals surface area contributed by atoms with Crippen molar-refractivity contribution >= 4 is 29.5 Å². The van der Waals surface area contributed by atoms with Gasteiger partial charge in [-0.2, -0.15) is 0 Å². The fourth-order valence-corrected chi connectivity index (χ4v) is 5.12. The molecule has 2 N–H and O–H groups in total. The SMILES string of the molecule is CC(C)(C)OC(=O)C1CCN(C(=O)C2CCN(c3ccc(C4CCC(=O)NC4=O)[nH]3)CC2)CC1. The molecule has 0 aromatic carbocycles. The predicted molar refractivity (Wildman–Crippen MR) is 126 cm³/mol. The molecular formula is C25H36N4O5. The van der Waals surface area contributed by atoms with Crippen LogP contribution in [0.1, 0.15) is 70.9 Å². The Morgan fingerprint density at radius 2 is 1.59 bits per heavy atom. The van der Waals surface area contributed by atoms with Crippen LogP contribution in [0.2, 0.25) is 0 Å². The number of imide groups is 1. The molecule has 3 fully saturated rings. The van der Waals surface area contributed by atoms with E-state index in [1.54, 1.807) is 0 Å². The maximum Gasteiger partial charge on any atom is 0.309 e. The first-order valence-corrected chi connectivity index (χ1v) is 12.4. The summed E-state index contributed by atoms with van der Waals surface area (Å²) in [5.74, 6) is 0.0696. The number of carbonyl (C=O) groups is 4. The fourth-order valence-electron chi connectivity index (χ4n) is 5.12. The topological polar surface area (TPSA) is 112 Å². The summed E-state index contributed by atoms with van der Waals surface area (Å²) in [6, 6.07) is 3.89. The Balaban J connectivity index is 1.25. The van der Waals surface area contributed by atoms with Gasteiger partial charge in [-0.25, -0.2) is 0 Å². The summed E-state index contributed by atoms with van der Waals surface area (Å²) in [7, 11) is 0. The summed E-state index contributed by atoms with van der Waals surface area (Å²) in [6.45, 7) is 8.36. The van der Waals surface area contributed by atoms with E-state index in [2.05, 4.69) is 15.2 Å². The molecule has 3 aliphatic rings. The van der Waals surface area contributed by atoms with E-state index >= 15 is 0 Å². The van der Waals surface area contributed by atoms with Crippen LogP contribution in [0, 0.1) is 11.8 Å². The van der Waals surface area contributed by atoms with Crippen LogP contribution in [0.5, 0.6) is 0 Å². The van der Waals surface area contributed by atoms with Crippen LogP contribution in [0.4, 0.5) is 5.82 Å². The third-order valence-corrected chi connectivity index (χ3v) is 7.04. The normalized spacial score (nSPS) is 23.1. The molecule has 1 unspecified atom stereocenters. The fraction of sp³-hybridized carbons (Fsp3) is 0.680. The van der Waals surface area contributed by atoms with Crippen molar-refractivity contribution in [3.8, 4) is 0 Å². The first-order valence-electron chi connectivity index (χ1n) is 12.4. The van der Waals surface area contributed by atoms with E-state index in [4.69, 9.17) is 4.74 Å². The molecule has 9 heteroatoms. The molecule has 34 heavy (non-hydrogen) atoms. The number of rotatable bonds is 4. The van der Waals surface area contributed by atoms with Gasteiger partial charge in [-0.1, -0.05) is 0 Å². The number of carbonyl (C=O) groups excluding carboxylic acids is 4. The summed E-state index contributed by atoms with van der Waals surface area (Å²) in [5, 5.41) is 2.41. The Labute approximate surface area is 200 Å². The monoisotopic (exact) mass is 472 g/mol. The summed E-state index contributed by atoms with van der Waals surface area (Å²) in [4.78, 5) is 56.4. The van der Waals surface area contributed by atoms with Gasteiger partial charge in [0.25, 0.3) is 0 Å². The van der Waals surface area contributed by atoms with Crippen molar-refractivity contribution in [1.29, 1.82) is 0 Å². The van der Waals surface area contributed by atoms with Crippen LogP contribution in [-0.2, 0) is 23.9 Å². The maximum atomic E-state index is 13.1. The Bertz CT molecular complexity index is 933. The quantitative estimate of drug-likeness (QED) is 0.514.